The Labute approximate surface area is 92.6 Å². The minimum absolute atomic E-state index is 0.780. The number of hydrogen-bond acceptors (Lipinski definition) is 3. The minimum Gasteiger partial charge on any atom is -0.317 e. The minimum atomic E-state index is 0.780. The summed E-state index contributed by atoms with van der Waals surface area (Å²) in [4.78, 5) is 0. The summed E-state index contributed by atoms with van der Waals surface area (Å²) in [6.45, 7) is 3.61. The van der Waals surface area contributed by atoms with Crippen LogP contribution < -0.4 is 10.6 Å². The van der Waals surface area contributed by atoms with Crippen LogP contribution in [0.1, 0.15) is 32.1 Å². The second-order valence-corrected chi connectivity index (χ2v) is 5.02. The highest BCUT2D eigenvalue weighted by Gasteiger charge is 2.08. The van der Waals surface area contributed by atoms with Crippen molar-refractivity contribution in [1.29, 1.82) is 0 Å². The second-order valence-electron chi connectivity index (χ2n) is 4.03. The molecule has 0 bridgehead atoms. The maximum Gasteiger partial charge on any atom is 0.00678 e. The quantitative estimate of drug-likeness (QED) is 0.702. The monoisotopic (exact) mass is 216 g/mol. The van der Waals surface area contributed by atoms with Gasteiger partial charge in [-0.1, -0.05) is 6.42 Å². The molecule has 1 fully saturated rings. The molecule has 0 aromatic carbocycles. The summed E-state index contributed by atoms with van der Waals surface area (Å²) in [7, 11) is 0. The van der Waals surface area contributed by atoms with Gasteiger partial charge in [-0.2, -0.15) is 11.8 Å². The third kappa shape index (κ3) is 5.89. The predicted octanol–water partition coefficient (Wildman–Crippen LogP) is 1.86. The maximum atomic E-state index is 3.67. The van der Waals surface area contributed by atoms with E-state index >= 15 is 0 Å². The lowest BCUT2D eigenvalue weighted by molar-refractivity contribution is 0.449. The molecular weight excluding hydrogens is 192 g/mol. The van der Waals surface area contributed by atoms with Crippen LogP contribution in [0.25, 0.3) is 0 Å². The second kappa shape index (κ2) is 8.57. The first kappa shape index (κ1) is 12.3. The van der Waals surface area contributed by atoms with E-state index in [2.05, 4.69) is 16.9 Å². The van der Waals surface area contributed by atoms with E-state index in [-0.39, 0.29) is 0 Å². The normalized spacial score (nSPS) is 25.1. The number of nitrogens with one attached hydrogen (secondary N) is 2. The van der Waals surface area contributed by atoms with Crippen molar-refractivity contribution in [2.24, 2.45) is 0 Å². The molecule has 1 unspecified atom stereocenters. The number of thioether (sulfide) groups is 1. The molecule has 1 aliphatic heterocycles. The van der Waals surface area contributed by atoms with Gasteiger partial charge in [0.15, 0.2) is 0 Å². The number of hydrogen-bond donors (Lipinski definition) is 2. The summed E-state index contributed by atoms with van der Waals surface area (Å²) < 4.78 is 0. The summed E-state index contributed by atoms with van der Waals surface area (Å²) in [5.41, 5.74) is 0. The van der Waals surface area contributed by atoms with Crippen LogP contribution in [0.3, 0.4) is 0 Å². The van der Waals surface area contributed by atoms with Crippen molar-refractivity contribution in [3.05, 3.63) is 0 Å². The van der Waals surface area contributed by atoms with Crippen molar-refractivity contribution in [3.63, 3.8) is 0 Å². The van der Waals surface area contributed by atoms with Crippen LogP contribution in [0.4, 0.5) is 0 Å². The Bertz CT molecular complexity index is 120. The van der Waals surface area contributed by atoms with Crippen LogP contribution in [0.5, 0.6) is 0 Å². The van der Waals surface area contributed by atoms with Gasteiger partial charge < -0.3 is 10.6 Å². The molecule has 0 saturated carbocycles. The summed E-state index contributed by atoms with van der Waals surface area (Å²) in [5.74, 6) is 1.24. The van der Waals surface area contributed by atoms with Gasteiger partial charge in [0.2, 0.25) is 0 Å². The van der Waals surface area contributed by atoms with Crippen molar-refractivity contribution in [1.82, 2.24) is 10.6 Å². The van der Waals surface area contributed by atoms with E-state index in [4.69, 9.17) is 0 Å². The molecule has 0 amide bonds. The Kier molecular flexibility index (Phi) is 7.55. The van der Waals surface area contributed by atoms with Crippen molar-refractivity contribution in [2.45, 2.75) is 38.1 Å². The van der Waals surface area contributed by atoms with Gasteiger partial charge in [-0.25, -0.2) is 0 Å². The van der Waals surface area contributed by atoms with E-state index < -0.39 is 0 Å². The van der Waals surface area contributed by atoms with Gasteiger partial charge in [-0.05, 0) is 45.0 Å². The van der Waals surface area contributed by atoms with E-state index in [1.165, 1.54) is 57.5 Å². The Morgan fingerprint density at radius 2 is 2.00 bits per heavy atom. The van der Waals surface area contributed by atoms with Crippen LogP contribution in [0.2, 0.25) is 0 Å². The summed E-state index contributed by atoms with van der Waals surface area (Å²) in [6.07, 6.45) is 8.95. The first-order chi connectivity index (χ1) is 6.93. The Hall–Kier alpha value is 0.270. The lowest BCUT2D eigenvalue weighted by atomic mass is 10.1. The molecule has 2 N–H and O–H groups in total. The molecular formula is C11H24N2S. The van der Waals surface area contributed by atoms with Gasteiger partial charge in [-0.3, -0.25) is 0 Å². The highest BCUT2D eigenvalue weighted by atomic mass is 32.2. The van der Waals surface area contributed by atoms with Gasteiger partial charge in [0, 0.05) is 18.3 Å². The van der Waals surface area contributed by atoms with Crippen molar-refractivity contribution in [2.75, 3.05) is 31.6 Å². The molecule has 0 aromatic rings. The molecule has 0 radical (unpaired) electrons. The van der Waals surface area contributed by atoms with Crippen molar-refractivity contribution in [3.8, 4) is 0 Å². The van der Waals surface area contributed by atoms with E-state index in [0.717, 1.165) is 6.04 Å². The zero-order valence-corrected chi connectivity index (χ0v) is 10.2. The smallest absolute Gasteiger partial charge is 0.00678 e. The van der Waals surface area contributed by atoms with E-state index in [1.54, 1.807) is 0 Å². The van der Waals surface area contributed by atoms with Gasteiger partial charge in [-0.15, -0.1) is 0 Å². The molecule has 2 nitrogen and oxygen atoms in total. The third-order valence-electron chi connectivity index (χ3n) is 2.80. The Morgan fingerprint density at radius 3 is 2.86 bits per heavy atom. The van der Waals surface area contributed by atoms with Gasteiger partial charge in [0.25, 0.3) is 0 Å². The molecule has 0 spiro atoms. The van der Waals surface area contributed by atoms with Gasteiger partial charge in [0.05, 0.1) is 0 Å². The summed E-state index contributed by atoms with van der Waals surface area (Å²) in [5, 5.41) is 7.15. The molecule has 0 aliphatic carbocycles. The fourth-order valence-corrected chi connectivity index (χ4v) is 2.27. The van der Waals surface area contributed by atoms with Gasteiger partial charge >= 0.3 is 0 Å². The third-order valence-corrected chi connectivity index (χ3v) is 3.41. The standard InChI is InChI=1S/C11H24N2S/c1-14-10-9-13-11-5-2-3-7-12-8-4-6-11/h11-13H,2-10H2,1H3. The average Bonchev–Trinajstić information content (AvgIpc) is 2.32. The molecule has 84 valence electrons. The Balaban J connectivity index is 2.12. The zero-order valence-electron chi connectivity index (χ0n) is 9.35. The van der Waals surface area contributed by atoms with Crippen LogP contribution >= 0.6 is 11.8 Å². The van der Waals surface area contributed by atoms with E-state index in [9.17, 15) is 0 Å². The average molecular weight is 216 g/mol. The van der Waals surface area contributed by atoms with Crippen molar-refractivity contribution >= 4 is 11.8 Å². The predicted molar refractivity (Wildman–Crippen MR) is 66.1 cm³/mol. The molecule has 1 aliphatic rings. The van der Waals surface area contributed by atoms with Gasteiger partial charge in [0.1, 0.15) is 0 Å². The molecule has 0 aromatic heterocycles. The highest BCUT2D eigenvalue weighted by Crippen LogP contribution is 2.08. The van der Waals surface area contributed by atoms with Crippen LogP contribution in [-0.4, -0.2) is 37.7 Å². The summed E-state index contributed by atoms with van der Waals surface area (Å²) in [6, 6.07) is 0.780. The lowest BCUT2D eigenvalue weighted by Crippen LogP contribution is -2.31. The fourth-order valence-electron chi connectivity index (χ4n) is 1.95. The highest BCUT2D eigenvalue weighted by molar-refractivity contribution is 7.98. The van der Waals surface area contributed by atoms with Crippen LogP contribution in [0, 0.1) is 0 Å². The molecule has 1 saturated heterocycles. The SMILES string of the molecule is CSCCNC1CCCCNCCC1. The van der Waals surface area contributed by atoms with Crippen LogP contribution in [-0.2, 0) is 0 Å². The first-order valence-corrected chi connectivity index (χ1v) is 7.26. The van der Waals surface area contributed by atoms with Crippen molar-refractivity contribution < 1.29 is 0 Å². The molecule has 14 heavy (non-hydrogen) atoms. The van der Waals surface area contributed by atoms with Crippen LogP contribution in [0.15, 0.2) is 0 Å². The topological polar surface area (TPSA) is 24.1 Å². The molecule has 1 heterocycles. The first-order valence-electron chi connectivity index (χ1n) is 5.86. The maximum absolute atomic E-state index is 3.67. The molecule has 3 heteroatoms. The largest absolute Gasteiger partial charge is 0.317 e. The van der Waals surface area contributed by atoms with E-state index in [0.29, 0.717) is 0 Å². The zero-order chi connectivity index (χ0) is 10.1. The number of rotatable bonds is 4. The lowest BCUT2D eigenvalue weighted by Gasteiger charge is -2.17. The molecule has 1 rings (SSSR count). The fraction of sp³-hybridized carbons (Fsp3) is 1.00. The summed E-state index contributed by atoms with van der Waals surface area (Å²) >= 11 is 1.93. The van der Waals surface area contributed by atoms with E-state index in [1.807, 2.05) is 11.8 Å². The molecule has 1 atom stereocenters. The Morgan fingerprint density at radius 1 is 1.21 bits per heavy atom.